The molecule has 14 heavy (non-hydrogen) atoms. The van der Waals surface area contributed by atoms with Gasteiger partial charge in [0, 0.05) is 18.5 Å². The molecule has 1 aromatic heterocycles. The Labute approximate surface area is 88.0 Å². The molecule has 1 aromatic rings. The van der Waals surface area contributed by atoms with Gasteiger partial charge in [0.15, 0.2) is 0 Å². The lowest BCUT2D eigenvalue weighted by molar-refractivity contribution is 0.1000. The number of thioether (sulfide) groups is 1. The number of nitrogens with two attached hydrogens (primary N) is 1. The second-order valence-corrected chi connectivity index (χ2v) is 4.68. The number of nitrogen functional groups attached to an aromatic ring is 1. The van der Waals surface area contributed by atoms with Gasteiger partial charge >= 0.3 is 0 Å². The molecule has 76 valence electrons. The number of nitrogens with zero attached hydrogens (tertiary/aromatic N) is 1. The van der Waals surface area contributed by atoms with E-state index >= 15 is 0 Å². The Morgan fingerprint density at radius 1 is 1.36 bits per heavy atom. The molecule has 1 aliphatic rings. The third kappa shape index (κ3) is 2.62. The number of hydrogen-bond donors (Lipinski definition) is 1. The van der Waals surface area contributed by atoms with Crippen molar-refractivity contribution in [3.63, 3.8) is 0 Å². The summed E-state index contributed by atoms with van der Waals surface area (Å²) in [6.07, 6.45) is 3.95. The minimum Gasteiger partial charge on any atom is -0.397 e. The van der Waals surface area contributed by atoms with Gasteiger partial charge in [-0.05, 0) is 25.0 Å². The average Bonchev–Trinajstić information content (AvgIpc) is 2.23. The molecule has 0 bridgehead atoms. The molecule has 2 heterocycles. The van der Waals surface area contributed by atoms with E-state index in [1.807, 2.05) is 23.9 Å². The zero-order chi connectivity index (χ0) is 9.80. The first-order valence-corrected chi connectivity index (χ1v) is 5.68. The van der Waals surface area contributed by atoms with Crippen molar-refractivity contribution in [1.82, 2.24) is 4.98 Å². The van der Waals surface area contributed by atoms with Gasteiger partial charge in [-0.2, -0.15) is 0 Å². The Bertz CT molecular complexity index is 283. The van der Waals surface area contributed by atoms with Gasteiger partial charge in [-0.25, -0.2) is 4.98 Å². The van der Waals surface area contributed by atoms with Gasteiger partial charge in [0.05, 0.1) is 16.9 Å². The molecule has 0 saturated carbocycles. The standard InChI is InChI=1S/C10H14N2OS/c11-8-1-2-10(12-7-8)14-9-3-5-13-6-4-9/h1-2,7,9H,3-6,11H2. The Morgan fingerprint density at radius 3 is 2.79 bits per heavy atom. The summed E-state index contributed by atoms with van der Waals surface area (Å²) < 4.78 is 5.30. The summed E-state index contributed by atoms with van der Waals surface area (Å²) in [4.78, 5) is 4.27. The van der Waals surface area contributed by atoms with Gasteiger partial charge in [-0.3, -0.25) is 0 Å². The Hall–Kier alpha value is -0.740. The maximum absolute atomic E-state index is 5.57. The number of ether oxygens (including phenoxy) is 1. The maximum Gasteiger partial charge on any atom is 0.0964 e. The van der Waals surface area contributed by atoms with Crippen molar-refractivity contribution >= 4 is 17.4 Å². The summed E-state index contributed by atoms with van der Waals surface area (Å²) in [7, 11) is 0. The smallest absolute Gasteiger partial charge is 0.0964 e. The first-order valence-electron chi connectivity index (χ1n) is 4.80. The van der Waals surface area contributed by atoms with Crippen molar-refractivity contribution in [2.24, 2.45) is 0 Å². The van der Waals surface area contributed by atoms with E-state index in [4.69, 9.17) is 10.5 Å². The van der Waals surface area contributed by atoms with E-state index < -0.39 is 0 Å². The fraction of sp³-hybridized carbons (Fsp3) is 0.500. The molecule has 1 fully saturated rings. The van der Waals surface area contributed by atoms with Crippen LogP contribution >= 0.6 is 11.8 Å². The zero-order valence-corrected chi connectivity index (χ0v) is 8.80. The molecule has 4 heteroatoms. The van der Waals surface area contributed by atoms with E-state index in [1.54, 1.807) is 6.20 Å². The van der Waals surface area contributed by atoms with Crippen molar-refractivity contribution < 1.29 is 4.74 Å². The summed E-state index contributed by atoms with van der Waals surface area (Å²) in [5, 5.41) is 1.71. The molecule has 1 saturated heterocycles. The van der Waals surface area contributed by atoms with E-state index in [2.05, 4.69) is 4.98 Å². The van der Waals surface area contributed by atoms with Gasteiger partial charge < -0.3 is 10.5 Å². The Morgan fingerprint density at radius 2 is 2.14 bits per heavy atom. The Kier molecular flexibility index (Phi) is 3.26. The van der Waals surface area contributed by atoms with Crippen molar-refractivity contribution in [3.05, 3.63) is 18.3 Å². The van der Waals surface area contributed by atoms with Crippen LogP contribution in [-0.2, 0) is 4.74 Å². The summed E-state index contributed by atoms with van der Waals surface area (Å²) in [6.45, 7) is 1.76. The van der Waals surface area contributed by atoms with Crippen LogP contribution in [0.4, 0.5) is 5.69 Å². The minimum absolute atomic E-state index is 0.653. The van der Waals surface area contributed by atoms with Crippen LogP contribution in [0.25, 0.3) is 0 Å². The average molecular weight is 210 g/mol. The molecule has 0 amide bonds. The molecule has 0 aliphatic carbocycles. The predicted octanol–water partition coefficient (Wildman–Crippen LogP) is 1.93. The molecule has 3 nitrogen and oxygen atoms in total. The van der Waals surface area contributed by atoms with E-state index in [9.17, 15) is 0 Å². The van der Waals surface area contributed by atoms with Crippen LogP contribution in [0.3, 0.4) is 0 Å². The first kappa shape index (κ1) is 9.80. The second kappa shape index (κ2) is 4.66. The van der Waals surface area contributed by atoms with E-state index in [0.717, 1.165) is 36.8 Å². The van der Waals surface area contributed by atoms with Crippen LogP contribution in [0.2, 0.25) is 0 Å². The summed E-state index contributed by atoms with van der Waals surface area (Å²) in [6, 6.07) is 3.88. The lowest BCUT2D eigenvalue weighted by atomic mass is 10.2. The second-order valence-electron chi connectivity index (χ2n) is 3.36. The fourth-order valence-electron chi connectivity index (χ4n) is 1.43. The first-order chi connectivity index (χ1) is 6.84. The minimum atomic E-state index is 0.653. The summed E-state index contributed by atoms with van der Waals surface area (Å²) in [5.41, 5.74) is 6.29. The molecule has 0 atom stereocenters. The summed E-state index contributed by atoms with van der Waals surface area (Å²) in [5.74, 6) is 0. The molecular formula is C10H14N2OS. The van der Waals surface area contributed by atoms with Gasteiger partial charge in [0.1, 0.15) is 0 Å². The molecule has 0 spiro atoms. The number of pyridine rings is 1. The lowest BCUT2D eigenvalue weighted by Gasteiger charge is -2.20. The highest BCUT2D eigenvalue weighted by molar-refractivity contribution is 7.99. The van der Waals surface area contributed by atoms with Gasteiger partial charge in [0.2, 0.25) is 0 Å². The number of rotatable bonds is 2. The number of hydrogen-bond acceptors (Lipinski definition) is 4. The van der Waals surface area contributed by atoms with Crippen LogP contribution in [0.15, 0.2) is 23.4 Å². The molecular weight excluding hydrogens is 196 g/mol. The predicted molar refractivity (Wildman–Crippen MR) is 58.3 cm³/mol. The van der Waals surface area contributed by atoms with Crippen LogP contribution in [0.1, 0.15) is 12.8 Å². The van der Waals surface area contributed by atoms with Crippen LogP contribution in [0.5, 0.6) is 0 Å². The van der Waals surface area contributed by atoms with E-state index in [-0.39, 0.29) is 0 Å². The highest BCUT2D eigenvalue weighted by Gasteiger charge is 2.15. The van der Waals surface area contributed by atoms with Crippen molar-refractivity contribution in [1.29, 1.82) is 0 Å². The topological polar surface area (TPSA) is 48.1 Å². The molecule has 0 radical (unpaired) electrons. The van der Waals surface area contributed by atoms with Crippen LogP contribution in [0, 0.1) is 0 Å². The molecule has 2 rings (SSSR count). The van der Waals surface area contributed by atoms with Crippen LogP contribution in [-0.4, -0.2) is 23.4 Å². The third-order valence-corrected chi connectivity index (χ3v) is 3.50. The van der Waals surface area contributed by atoms with Gasteiger partial charge in [-0.1, -0.05) is 0 Å². The molecule has 1 aliphatic heterocycles. The molecule has 2 N–H and O–H groups in total. The summed E-state index contributed by atoms with van der Waals surface area (Å²) >= 11 is 1.83. The van der Waals surface area contributed by atoms with Crippen molar-refractivity contribution in [2.75, 3.05) is 18.9 Å². The fourth-order valence-corrected chi connectivity index (χ4v) is 2.46. The van der Waals surface area contributed by atoms with Gasteiger partial charge in [0.25, 0.3) is 0 Å². The Balaban J connectivity index is 1.92. The highest BCUT2D eigenvalue weighted by Crippen LogP contribution is 2.28. The SMILES string of the molecule is Nc1ccc(SC2CCOCC2)nc1. The van der Waals surface area contributed by atoms with E-state index in [1.165, 1.54) is 0 Å². The van der Waals surface area contributed by atoms with Crippen molar-refractivity contribution in [2.45, 2.75) is 23.1 Å². The normalized spacial score (nSPS) is 18.3. The molecule has 0 unspecified atom stereocenters. The van der Waals surface area contributed by atoms with Crippen LogP contribution < -0.4 is 5.73 Å². The maximum atomic E-state index is 5.57. The van der Waals surface area contributed by atoms with Gasteiger partial charge in [-0.15, -0.1) is 11.8 Å². The van der Waals surface area contributed by atoms with E-state index in [0.29, 0.717) is 5.25 Å². The number of anilines is 1. The molecule has 0 aromatic carbocycles. The third-order valence-electron chi connectivity index (χ3n) is 2.21. The van der Waals surface area contributed by atoms with Crippen molar-refractivity contribution in [3.8, 4) is 0 Å². The quantitative estimate of drug-likeness (QED) is 0.810. The lowest BCUT2D eigenvalue weighted by Crippen LogP contribution is -2.17. The largest absolute Gasteiger partial charge is 0.397 e. The highest BCUT2D eigenvalue weighted by atomic mass is 32.2. The number of aromatic nitrogens is 1. The zero-order valence-electron chi connectivity index (χ0n) is 7.98. The monoisotopic (exact) mass is 210 g/mol.